The third kappa shape index (κ3) is 4.68. The number of halogens is 1. The van der Waals surface area contributed by atoms with Gasteiger partial charge in [0, 0.05) is 22.8 Å². The van der Waals surface area contributed by atoms with Crippen LogP contribution in [0.5, 0.6) is 0 Å². The third-order valence-corrected chi connectivity index (χ3v) is 7.60. The number of rotatable bonds is 6. The van der Waals surface area contributed by atoms with Gasteiger partial charge in [-0.05, 0) is 61.4 Å². The first kappa shape index (κ1) is 22.9. The third-order valence-electron chi connectivity index (χ3n) is 6.39. The summed E-state index contributed by atoms with van der Waals surface area (Å²) in [6.45, 7) is 4.00. The highest BCUT2D eigenvalue weighted by Gasteiger charge is 2.22. The number of hydrogen-bond acceptors (Lipinski definition) is 5. The summed E-state index contributed by atoms with van der Waals surface area (Å²) < 4.78 is 1.76. The summed E-state index contributed by atoms with van der Waals surface area (Å²) in [5, 5.41) is 9.10. The molecule has 2 heterocycles. The maximum Gasteiger partial charge on any atom is 0.253 e. The summed E-state index contributed by atoms with van der Waals surface area (Å²) in [7, 11) is 0. The molecule has 0 saturated heterocycles. The number of aryl methyl sites for hydroxylation is 3. The number of benzene rings is 2. The van der Waals surface area contributed by atoms with Crippen molar-refractivity contribution in [2.45, 2.75) is 50.7 Å². The molecular formula is C26H26ClN5OS. The first-order chi connectivity index (χ1) is 16.5. The Morgan fingerprint density at radius 3 is 2.79 bits per heavy atom. The van der Waals surface area contributed by atoms with Crippen molar-refractivity contribution in [2.75, 3.05) is 5.75 Å². The highest BCUT2D eigenvalue weighted by atomic mass is 35.5. The first-order valence-electron chi connectivity index (χ1n) is 11.5. The average Bonchev–Trinajstić information content (AvgIpc) is 3.25. The molecule has 1 atom stereocenters. The van der Waals surface area contributed by atoms with E-state index in [9.17, 15) is 4.79 Å². The Morgan fingerprint density at radius 2 is 1.94 bits per heavy atom. The smallest absolute Gasteiger partial charge is 0.253 e. The van der Waals surface area contributed by atoms with E-state index in [-0.39, 0.29) is 17.7 Å². The summed E-state index contributed by atoms with van der Waals surface area (Å²) >= 11 is 7.71. The fourth-order valence-electron chi connectivity index (χ4n) is 4.61. The molecule has 0 radical (unpaired) electrons. The van der Waals surface area contributed by atoms with Gasteiger partial charge in [-0.2, -0.15) is 4.98 Å². The van der Waals surface area contributed by atoms with Crippen LogP contribution in [0, 0.1) is 13.8 Å². The number of hydrogen-bond donors (Lipinski definition) is 1. The van der Waals surface area contributed by atoms with Crippen molar-refractivity contribution in [3.63, 3.8) is 0 Å². The Hall–Kier alpha value is -2.90. The molecule has 0 unspecified atom stereocenters. The van der Waals surface area contributed by atoms with Crippen molar-refractivity contribution in [3.05, 3.63) is 87.2 Å². The Balaban J connectivity index is 1.29. The fraction of sp³-hybridized carbons (Fsp3) is 0.308. The molecule has 34 heavy (non-hydrogen) atoms. The lowest BCUT2D eigenvalue weighted by atomic mass is 9.88. The van der Waals surface area contributed by atoms with Gasteiger partial charge in [0.1, 0.15) is 0 Å². The van der Waals surface area contributed by atoms with Crippen LogP contribution in [-0.4, -0.2) is 31.2 Å². The number of fused-ring (bicyclic) bond motifs is 2. The fourth-order valence-corrected chi connectivity index (χ4v) is 5.44. The molecule has 1 amide bonds. The highest BCUT2D eigenvalue weighted by Crippen LogP contribution is 2.30. The molecule has 5 rings (SSSR count). The van der Waals surface area contributed by atoms with Crippen LogP contribution in [0.25, 0.3) is 5.78 Å². The van der Waals surface area contributed by atoms with E-state index in [4.69, 9.17) is 11.6 Å². The normalized spacial score (nSPS) is 15.3. The van der Waals surface area contributed by atoms with Crippen LogP contribution in [0.4, 0.5) is 0 Å². The van der Waals surface area contributed by atoms with Crippen LogP contribution in [0.3, 0.4) is 0 Å². The van der Waals surface area contributed by atoms with Crippen molar-refractivity contribution in [1.82, 2.24) is 24.9 Å². The van der Waals surface area contributed by atoms with Crippen molar-refractivity contribution in [2.24, 2.45) is 0 Å². The van der Waals surface area contributed by atoms with Gasteiger partial charge in [0.2, 0.25) is 11.1 Å². The lowest BCUT2D eigenvalue weighted by Gasteiger charge is -2.26. The van der Waals surface area contributed by atoms with E-state index in [2.05, 4.69) is 38.6 Å². The van der Waals surface area contributed by atoms with Gasteiger partial charge in [0.15, 0.2) is 0 Å². The van der Waals surface area contributed by atoms with Crippen LogP contribution in [-0.2, 0) is 17.6 Å². The summed E-state index contributed by atoms with van der Waals surface area (Å²) in [5.41, 5.74) is 6.58. The van der Waals surface area contributed by atoms with Gasteiger partial charge >= 0.3 is 0 Å². The topological polar surface area (TPSA) is 72.2 Å². The number of thioether (sulfide) groups is 1. The molecule has 0 spiro atoms. The first-order valence-corrected chi connectivity index (χ1v) is 12.8. The highest BCUT2D eigenvalue weighted by molar-refractivity contribution is 7.99. The van der Waals surface area contributed by atoms with E-state index in [1.54, 1.807) is 4.52 Å². The van der Waals surface area contributed by atoms with Gasteiger partial charge < -0.3 is 5.32 Å². The van der Waals surface area contributed by atoms with Crippen LogP contribution in [0.2, 0.25) is 5.02 Å². The summed E-state index contributed by atoms with van der Waals surface area (Å²) in [6.07, 6.45) is 3.81. The maximum absolute atomic E-state index is 12.7. The predicted molar refractivity (Wildman–Crippen MR) is 136 cm³/mol. The monoisotopic (exact) mass is 491 g/mol. The molecule has 1 N–H and O–H groups in total. The number of aromatic nitrogens is 4. The van der Waals surface area contributed by atoms with E-state index in [1.807, 2.05) is 44.2 Å². The Kier molecular flexibility index (Phi) is 6.57. The van der Waals surface area contributed by atoms with Crippen LogP contribution in [0.15, 0.2) is 53.7 Å². The molecule has 2 aromatic heterocycles. The van der Waals surface area contributed by atoms with Gasteiger partial charge in [0.05, 0.1) is 11.8 Å². The zero-order valence-corrected chi connectivity index (χ0v) is 20.8. The Bertz CT molecular complexity index is 1370. The van der Waals surface area contributed by atoms with Crippen molar-refractivity contribution < 1.29 is 4.79 Å². The second kappa shape index (κ2) is 9.76. The number of amides is 1. The predicted octanol–water partition coefficient (Wildman–Crippen LogP) is 5.27. The van der Waals surface area contributed by atoms with Crippen molar-refractivity contribution >= 4 is 35.0 Å². The number of carbonyl (C=O) groups excluding carboxylic acids is 1. The zero-order valence-electron chi connectivity index (χ0n) is 19.2. The zero-order chi connectivity index (χ0) is 23.7. The van der Waals surface area contributed by atoms with Crippen LogP contribution in [0.1, 0.15) is 52.5 Å². The molecule has 1 aliphatic rings. The van der Waals surface area contributed by atoms with Crippen LogP contribution >= 0.6 is 23.4 Å². The van der Waals surface area contributed by atoms with Gasteiger partial charge in [-0.25, -0.2) is 9.50 Å². The van der Waals surface area contributed by atoms with Gasteiger partial charge in [-0.3, -0.25) is 4.79 Å². The quantitative estimate of drug-likeness (QED) is 0.372. The molecule has 0 saturated carbocycles. The number of carbonyl (C=O) groups is 1. The molecular weight excluding hydrogens is 466 g/mol. The number of nitrogens with zero attached hydrogens (tertiary/aromatic N) is 4. The van der Waals surface area contributed by atoms with E-state index >= 15 is 0 Å². The SMILES string of the molecule is Cc1nc2nc(SCC(=O)N[C@H]3CCCc4ccccc43)nn2c(C)c1Cc1ccccc1Cl. The van der Waals surface area contributed by atoms with Gasteiger partial charge in [-0.1, -0.05) is 65.8 Å². The molecule has 4 aromatic rings. The van der Waals surface area contributed by atoms with E-state index in [0.29, 0.717) is 17.4 Å². The van der Waals surface area contributed by atoms with Gasteiger partial charge in [-0.15, -0.1) is 5.10 Å². The molecule has 2 aromatic carbocycles. The van der Waals surface area contributed by atoms with E-state index in [1.165, 1.54) is 22.9 Å². The van der Waals surface area contributed by atoms with Crippen molar-refractivity contribution in [3.8, 4) is 0 Å². The Morgan fingerprint density at radius 1 is 1.15 bits per heavy atom. The summed E-state index contributed by atoms with van der Waals surface area (Å²) in [4.78, 5) is 21.9. The summed E-state index contributed by atoms with van der Waals surface area (Å²) in [5.74, 6) is 0.799. The largest absolute Gasteiger partial charge is 0.349 e. The molecule has 6 nitrogen and oxygen atoms in total. The minimum Gasteiger partial charge on any atom is -0.349 e. The lowest BCUT2D eigenvalue weighted by molar-refractivity contribution is -0.119. The second-order valence-electron chi connectivity index (χ2n) is 8.64. The van der Waals surface area contributed by atoms with Crippen molar-refractivity contribution in [1.29, 1.82) is 0 Å². The molecule has 1 aliphatic carbocycles. The Labute approximate surface area is 208 Å². The summed E-state index contributed by atoms with van der Waals surface area (Å²) in [6, 6.07) is 16.3. The molecule has 0 aliphatic heterocycles. The standard InChI is InChI=1S/C26H26ClN5OS/c1-16-21(14-19-9-4-6-12-22(19)27)17(2)32-25(28-16)30-26(31-32)34-15-24(33)29-23-13-7-10-18-8-3-5-11-20(18)23/h3-6,8-9,11-12,23H,7,10,13-15H2,1-2H3,(H,29,33)/t23-/m0/s1. The lowest BCUT2D eigenvalue weighted by Crippen LogP contribution is -2.32. The van der Waals surface area contributed by atoms with E-state index in [0.717, 1.165) is 46.8 Å². The second-order valence-corrected chi connectivity index (χ2v) is 9.99. The molecule has 0 fully saturated rings. The maximum atomic E-state index is 12.7. The van der Waals surface area contributed by atoms with Crippen LogP contribution < -0.4 is 5.32 Å². The molecule has 8 heteroatoms. The average molecular weight is 492 g/mol. The molecule has 0 bridgehead atoms. The molecule has 174 valence electrons. The minimum atomic E-state index is -0.00849. The number of nitrogens with one attached hydrogen (secondary N) is 1. The van der Waals surface area contributed by atoms with Gasteiger partial charge in [0.25, 0.3) is 5.78 Å². The van der Waals surface area contributed by atoms with E-state index < -0.39 is 0 Å². The minimum absolute atomic E-state index is 0.00849.